The molecule has 2 aromatic carbocycles. The molecule has 1 fully saturated rings. The van der Waals surface area contributed by atoms with Gasteiger partial charge in [-0.1, -0.05) is 48.0 Å². The van der Waals surface area contributed by atoms with Gasteiger partial charge >= 0.3 is 0 Å². The molecule has 0 spiro atoms. The third kappa shape index (κ3) is 5.11. The fraction of sp³-hybridized carbons (Fsp3) is 0.280. The molecule has 36 heavy (non-hydrogen) atoms. The number of amides is 1. The maximum absolute atomic E-state index is 13.0. The molecule has 0 radical (unpaired) electrons. The number of rotatable bonds is 7. The van der Waals surface area contributed by atoms with Crippen molar-refractivity contribution in [2.45, 2.75) is 25.0 Å². The number of H-pyrrole nitrogens is 1. The number of fused-ring (bicyclic) bond motifs is 1. The molecule has 186 valence electrons. The van der Waals surface area contributed by atoms with E-state index >= 15 is 0 Å². The Morgan fingerprint density at radius 1 is 1.19 bits per heavy atom. The van der Waals surface area contributed by atoms with Crippen LogP contribution in [0.25, 0.3) is 17.2 Å². The Hall–Kier alpha value is -3.73. The normalized spacial score (nSPS) is 15.1. The smallest absolute Gasteiger partial charge is 0.276 e. The molecule has 1 aliphatic heterocycles. The van der Waals surface area contributed by atoms with Crippen LogP contribution in [0.2, 0.25) is 5.02 Å². The van der Waals surface area contributed by atoms with E-state index in [4.69, 9.17) is 21.1 Å². The van der Waals surface area contributed by atoms with Gasteiger partial charge in [-0.15, -0.1) is 5.10 Å². The molecule has 0 aliphatic carbocycles. The van der Waals surface area contributed by atoms with Crippen LogP contribution in [0.3, 0.4) is 0 Å². The van der Waals surface area contributed by atoms with E-state index in [0.717, 1.165) is 5.56 Å². The summed E-state index contributed by atoms with van der Waals surface area (Å²) >= 11 is 6.32. The van der Waals surface area contributed by atoms with E-state index in [9.17, 15) is 14.7 Å². The van der Waals surface area contributed by atoms with Gasteiger partial charge in [-0.2, -0.15) is 9.50 Å². The van der Waals surface area contributed by atoms with Gasteiger partial charge in [-0.25, -0.2) is 0 Å². The van der Waals surface area contributed by atoms with E-state index < -0.39 is 11.5 Å². The Morgan fingerprint density at radius 3 is 2.75 bits per heavy atom. The van der Waals surface area contributed by atoms with Crippen LogP contribution < -0.4 is 15.6 Å². The fourth-order valence-electron chi connectivity index (χ4n) is 3.99. The molecule has 3 heterocycles. The third-order valence-corrected chi connectivity index (χ3v) is 6.32. The van der Waals surface area contributed by atoms with Gasteiger partial charge in [-0.3, -0.25) is 9.59 Å². The van der Waals surface area contributed by atoms with E-state index in [-0.39, 0.29) is 40.8 Å². The van der Waals surface area contributed by atoms with Crippen LogP contribution in [0.5, 0.6) is 5.75 Å². The third-order valence-electron chi connectivity index (χ3n) is 6.01. The molecule has 0 atom stereocenters. The molecular formula is C25H24ClN5O5. The summed E-state index contributed by atoms with van der Waals surface area (Å²) in [4.78, 5) is 33.0. The number of nitrogens with zero attached hydrogens (tertiary/aromatic N) is 3. The second-order valence-corrected chi connectivity index (χ2v) is 9.00. The second kappa shape index (κ2) is 10.1. The number of ether oxygens (including phenoxy) is 2. The first kappa shape index (κ1) is 24.0. The van der Waals surface area contributed by atoms with Gasteiger partial charge in [0.2, 0.25) is 5.78 Å². The zero-order chi connectivity index (χ0) is 25.1. The van der Waals surface area contributed by atoms with Crippen molar-refractivity contribution in [3.63, 3.8) is 0 Å². The Morgan fingerprint density at radius 2 is 1.97 bits per heavy atom. The highest BCUT2D eigenvalue weighted by Crippen LogP contribution is 2.28. The summed E-state index contributed by atoms with van der Waals surface area (Å²) in [5.41, 5.74) is -0.0193. The molecule has 10 nitrogen and oxygen atoms in total. The monoisotopic (exact) mass is 509 g/mol. The van der Waals surface area contributed by atoms with Crippen LogP contribution in [0.1, 0.15) is 28.9 Å². The van der Waals surface area contributed by atoms with Crippen LogP contribution >= 0.6 is 11.6 Å². The lowest BCUT2D eigenvalue weighted by Gasteiger charge is -2.32. The summed E-state index contributed by atoms with van der Waals surface area (Å²) in [7, 11) is 0. The zero-order valence-corrected chi connectivity index (χ0v) is 20.0. The Labute approximate surface area is 210 Å². The quantitative estimate of drug-likeness (QED) is 0.349. The minimum atomic E-state index is -1.03. The van der Waals surface area contributed by atoms with Gasteiger partial charge in [0.25, 0.3) is 11.5 Å². The summed E-state index contributed by atoms with van der Waals surface area (Å²) in [5.74, 6) is 0.464. The maximum atomic E-state index is 13.0. The molecule has 1 saturated heterocycles. The minimum Gasteiger partial charge on any atom is -0.486 e. The Kier molecular flexibility index (Phi) is 6.73. The topological polar surface area (TPSA) is 131 Å². The number of carbonyl (C=O) groups is 1. The zero-order valence-electron chi connectivity index (χ0n) is 19.2. The molecule has 4 aromatic rings. The van der Waals surface area contributed by atoms with E-state index in [1.807, 2.05) is 30.3 Å². The fourth-order valence-corrected chi connectivity index (χ4v) is 4.24. The van der Waals surface area contributed by atoms with Crippen LogP contribution in [0, 0.1) is 0 Å². The summed E-state index contributed by atoms with van der Waals surface area (Å²) in [5, 5.41) is 17.9. The number of aliphatic hydroxyl groups is 1. The van der Waals surface area contributed by atoms with E-state index in [1.165, 1.54) is 10.6 Å². The van der Waals surface area contributed by atoms with E-state index in [2.05, 4.69) is 20.4 Å². The second-order valence-electron chi connectivity index (χ2n) is 8.59. The maximum Gasteiger partial charge on any atom is 0.276 e. The predicted octanol–water partition coefficient (Wildman–Crippen LogP) is 2.59. The molecule has 1 amide bonds. The van der Waals surface area contributed by atoms with Gasteiger partial charge in [0.15, 0.2) is 5.82 Å². The van der Waals surface area contributed by atoms with Crippen LogP contribution in [-0.2, 0) is 11.3 Å². The van der Waals surface area contributed by atoms with Crippen molar-refractivity contribution < 1.29 is 19.4 Å². The van der Waals surface area contributed by atoms with E-state index in [1.54, 1.807) is 18.2 Å². The molecule has 0 bridgehead atoms. The Balaban J connectivity index is 1.33. The molecular weight excluding hydrogens is 486 g/mol. The minimum absolute atomic E-state index is 0.0405. The highest BCUT2D eigenvalue weighted by Gasteiger charge is 2.31. The lowest BCUT2D eigenvalue weighted by molar-refractivity contribution is -0.0605. The average Bonchev–Trinajstić information content (AvgIpc) is 3.32. The van der Waals surface area contributed by atoms with Crippen molar-refractivity contribution >= 4 is 23.3 Å². The summed E-state index contributed by atoms with van der Waals surface area (Å²) in [6.45, 7) is 0.907. The van der Waals surface area contributed by atoms with Crippen LogP contribution in [-0.4, -0.2) is 56.0 Å². The largest absolute Gasteiger partial charge is 0.486 e. The van der Waals surface area contributed by atoms with Gasteiger partial charge in [0.05, 0.1) is 21.9 Å². The van der Waals surface area contributed by atoms with Crippen molar-refractivity contribution in [3.05, 3.63) is 81.2 Å². The number of aromatic nitrogens is 4. The average molecular weight is 510 g/mol. The summed E-state index contributed by atoms with van der Waals surface area (Å²) in [6.07, 6.45) is 0.868. The molecule has 0 saturated carbocycles. The first-order valence-corrected chi connectivity index (χ1v) is 11.8. The number of carbonyl (C=O) groups excluding carboxylic acids is 1. The number of halogens is 1. The lowest BCUT2D eigenvalue weighted by Crippen LogP contribution is -2.46. The molecule has 3 N–H and O–H groups in total. The predicted molar refractivity (Wildman–Crippen MR) is 132 cm³/mol. The number of aromatic amines is 1. The first-order valence-electron chi connectivity index (χ1n) is 11.5. The van der Waals surface area contributed by atoms with Gasteiger partial charge < -0.3 is 24.9 Å². The van der Waals surface area contributed by atoms with Gasteiger partial charge in [-0.05, 0) is 12.1 Å². The van der Waals surface area contributed by atoms with Crippen molar-refractivity contribution in [2.24, 2.45) is 0 Å². The molecule has 11 heteroatoms. The van der Waals surface area contributed by atoms with E-state index in [0.29, 0.717) is 37.6 Å². The Bertz CT molecular complexity index is 1450. The number of hydrogen-bond donors (Lipinski definition) is 3. The molecule has 1 aliphatic rings. The number of benzene rings is 2. The number of hydrogen-bond acceptors (Lipinski definition) is 7. The van der Waals surface area contributed by atoms with Gasteiger partial charge in [0, 0.05) is 44.2 Å². The summed E-state index contributed by atoms with van der Waals surface area (Å²) in [6, 6.07) is 15.6. The van der Waals surface area contributed by atoms with Crippen molar-refractivity contribution in [2.75, 3.05) is 19.8 Å². The van der Waals surface area contributed by atoms with Crippen molar-refractivity contribution in [3.8, 4) is 17.1 Å². The number of nitrogens with one attached hydrogen (secondary N) is 2. The molecule has 0 unspecified atom stereocenters. The van der Waals surface area contributed by atoms with Gasteiger partial charge in [0.1, 0.15) is 12.4 Å². The molecule has 5 rings (SSSR count). The lowest BCUT2D eigenvalue weighted by atomic mass is 9.94. The summed E-state index contributed by atoms with van der Waals surface area (Å²) < 4.78 is 12.3. The van der Waals surface area contributed by atoms with Crippen molar-refractivity contribution in [1.29, 1.82) is 0 Å². The van der Waals surface area contributed by atoms with Crippen LogP contribution in [0.15, 0.2) is 59.4 Å². The first-order chi connectivity index (χ1) is 17.4. The highest BCUT2D eigenvalue weighted by atomic mass is 35.5. The van der Waals surface area contributed by atoms with Crippen molar-refractivity contribution in [1.82, 2.24) is 24.9 Å². The highest BCUT2D eigenvalue weighted by molar-refractivity contribution is 6.34. The molecule has 2 aromatic heterocycles. The van der Waals surface area contributed by atoms with Crippen LogP contribution in [0.4, 0.5) is 0 Å². The SMILES string of the molecule is O=C(NCC1(O)CCOCC1)c1c(Cl)cccc1OCc1cc(=O)n2nc(-c3ccccc3)nc2[nH]1. The standard InChI is InChI=1S/C25H24ClN5O5/c26-18-7-4-8-19(21(18)23(33)27-15-25(34)9-11-35-12-10-25)36-14-17-13-20(32)31-24(28-17)29-22(30-31)16-5-2-1-3-6-16/h1-8,13,34H,9-12,14-15H2,(H,27,33)(H,28,29,30).